The highest BCUT2D eigenvalue weighted by molar-refractivity contribution is 4.80. The normalized spacial score (nSPS) is 21.4. The summed E-state index contributed by atoms with van der Waals surface area (Å²) >= 11 is 0. The van der Waals surface area contributed by atoms with E-state index in [2.05, 4.69) is 18.7 Å². The molecule has 0 bridgehead atoms. The average molecular weight is 283 g/mol. The number of hydrogen-bond acceptors (Lipinski definition) is 2. The molecular weight excluding hydrogens is 244 g/mol. The van der Waals surface area contributed by atoms with Gasteiger partial charge in [0.25, 0.3) is 0 Å². The molecule has 0 radical (unpaired) electrons. The zero-order valence-electron chi connectivity index (χ0n) is 14.1. The smallest absolute Gasteiger partial charge is 0.00514 e. The zero-order chi connectivity index (χ0) is 14.6. The van der Waals surface area contributed by atoms with Gasteiger partial charge < -0.3 is 10.6 Å². The van der Waals surface area contributed by atoms with Gasteiger partial charge in [0.1, 0.15) is 0 Å². The Labute approximate surface area is 127 Å². The van der Waals surface area contributed by atoms with Crippen molar-refractivity contribution in [3.05, 3.63) is 0 Å². The van der Waals surface area contributed by atoms with E-state index in [0.29, 0.717) is 6.04 Å². The second-order valence-electron chi connectivity index (χ2n) is 6.89. The highest BCUT2D eigenvalue weighted by Crippen LogP contribution is 2.19. The van der Waals surface area contributed by atoms with Crippen LogP contribution in [0.1, 0.15) is 84.5 Å². The van der Waals surface area contributed by atoms with Crippen LogP contribution in [0.5, 0.6) is 0 Å². The van der Waals surface area contributed by atoms with Gasteiger partial charge in [0, 0.05) is 12.6 Å². The highest BCUT2D eigenvalue weighted by atomic mass is 15.1. The first-order valence-electron chi connectivity index (χ1n) is 9.22. The van der Waals surface area contributed by atoms with E-state index in [-0.39, 0.29) is 0 Å². The van der Waals surface area contributed by atoms with Gasteiger partial charge in [-0.2, -0.15) is 0 Å². The second-order valence-corrected chi connectivity index (χ2v) is 6.89. The minimum atomic E-state index is 0.382. The number of likely N-dealkylation sites (tertiary alicyclic amines) is 1. The molecule has 0 aromatic carbocycles. The van der Waals surface area contributed by atoms with E-state index in [1.807, 2.05) is 0 Å². The summed E-state index contributed by atoms with van der Waals surface area (Å²) in [4.78, 5) is 2.62. The van der Waals surface area contributed by atoms with Crippen molar-refractivity contribution in [3.8, 4) is 0 Å². The van der Waals surface area contributed by atoms with E-state index in [9.17, 15) is 0 Å². The predicted octanol–water partition coefficient (Wildman–Crippen LogP) is 4.58. The monoisotopic (exact) mass is 282 g/mol. The summed E-state index contributed by atoms with van der Waals surface area (Å²) in [5, 5.41) is 0. The fourth-order valence-electron chi connectivity index (χ4n) is 3.32. The lowest BCUT2D eigenvalue weighted by Gasteiger charge is -2.17. The van der Waals surface area contributed by atoms with Crippen molar-refractivity contribution in [1.29, 1.82) is 0 Å². The van der Waals surface area contributed by atoms with Crippen molar-refractivity contribution in [2.24, 2.45) is 11.7 Å². The van der Waals surface area contributed by atoms with E-state index >= 15 is 0 Å². The maximum absolute atomic E-state index is 5.99. The molecule has 2 atom stereocenters. The molecule has 0 aromatic rings. The average Bonchev–Trinajstić information content (AvgIpc) is 2.90. The van der Waals surface area contributed by atoms with Gasteiger partial charge in [-0.25, -0.2) is 0 Å². The third-order valence-corrected chi connectivity index (χ3v) is 4.88. The lowest BCUT2D eigenvalue weighted by Crippen LogP contribution is -2.30. The molecule has 2 unspecified atom stereocenters. The minimum Gasteiger partial charge on any atom is -0.328 e. The van der Waals surface area contributed by atoms with Gasteiger partial charge in [-0.3, -0.25) is 0 Å². The fourth-order valence-corrected chi connectivity index (χ4v) is 3.32. The van der Waals surface area contributed by atoms with Crippen LogP contribution >= 0.6 is 0 Å². The third kappa shape index (κ3) is 8.26. The molecule has 2 N–H and O–H groups in total. The topological polar surface area (TPSA) is 29.3 Å². The van der Waals surface area contributed by atoms with E-state index < -0.39 is 0 Å². The molecule has 0 saturated carbocycles. The first-order chi connectivity index (χ1) is 9.74. The largest absolute Gasteiger partial charge is 0.328 e. The Morgan fingerprint density at radius 3 is 2.00 bits per heavy atom. The molecule has 0 aromatic heterocycles. The molecule has 1 aliphatic rings. The van der Waals surface area contributed by atoms with Gasteiger partial charge in [-0.05, 0) is 38.8 Å². The lowest BCUT2D eigenvalue weighted by molar-refractivity contribution is 0.307. The summed E-state index contributed by atoms with van der Waals surface area (Å²) in [5.41, 5.74) is 5.99. The number of hydrogen-bond donors (Lipinski definition) is 1. The Bertz CT molecular complexity index is 215. The van der Waals surface area contributed by atoms with E-state index in [0.717, 1.165) is 5.92 Å². The molecule has 0 spiro atoms. The molecule has 1 saturated heterocycles. The Morgan fingerprint density at radius 2 is 1.50 bits per heavy atom. The summed E-state index contributed by atoms with van der Waals surface area (Å²) in [6, 6.07) is 0.382. The molecule has 0 amide bonds. The van der Waals surface area contributed by atoms with Crippen molar-refractivity contribution in [1.82, 2.24) is 4.90 Å². The van der Waals surface area contributed by atoms with Crippen LogP contribution in [-0.4, -0.2) is 30.6 Å². The summed E-state index contributed by atoms with van der Waals surface area (Å²) in [6.07, 6.45) is 15.6. The van der Waals surface area contributed by atoms with Crippen LogP contribution in [0.15, 0.2) is 0 Å². The maximum Gasteiger partial charge on any atom is 0.00514 e. The number of rotatable bonds is 12. The van der Waals surface area contributed by atoms with Crippen molar-refractivity contribution < 1.29 is 0 Å². The van der Waals surface area contributed by atoms with E-state index in [1.165, 1.54) is 90.3 Å². The standard InChI is InChI=1S/C18H38N2/c1-3-4-5-6-7-8-9-10-11-12-14-20-15-13-18(16-20)17(2)19/h17-18H,3-16,19H2,1-2H3. The maximum atomic E-state index is 5.99. The summed E-state index contributed by atoms with van der Waals surface area (Å²) in [7, 11) is 0. The van der Waals surface area contributed by atoms with Gasteiger partial charge in [0.05, 0.1) is 0 Å². The van der Waals surface area contributed by atoms with Gasteiger partial charge >= 0.3 is 0 Å². The van der Waals surface area contributed by atoms with Crippen molar-refractivity contribution >= 4 is 0 Å². The lowest BCUT2D eigenvalue weighted by atomic mass is 10.0. The van der Waals surface area contributed by atoms with Crippen LogP contribution in [0.25, 0.3) is 0 Å². The first-order valence-corrected chi connectivity index (χ1v) is 9.22. The molecule has 20 heavy (non-hydrogen) atoms. The Hall–Kier alpha value is -0.0800. The van der Waals surface area contributed by atoms with Crippen LogP contribution in [-0.2, 0) is 0 Å². The quantitative estimate of drug-likeness (QED) is 0.531. The van der Waals surface area contributed by atoms with Gasteiger partial charge in [0.2, 0.25) is 0 Å². The second kappa shape index (κ2) is 11.6. The molecule has 120 valence electrons. The summed E-state index contributed by atoms with van der Waals surface area (Å²) in [5.74, 6) is 0.748. The van der Waals surface area contributed by atoms with Gasteiger partial charge in [-0.15, -0.1) is 0 Å². The Morgan fingerprint density at radius 1 is 0.950 bits per heavy atom. The third-order valence-electron chi connectivity index (χ3n) is 4.88. The van der Waals surface area contributed by atoms with Gasteiger partial charge in [-0.1, -0.05) is 64.7 Å². The molecular formula is C18H38N2. The number of nitrogens with two attached hydrogens (primary N) is 1. The molecule has 1 rings (SSSR count). The first kappa shape index (κ1) is 18.0. The highest BCUT2D eigenvalue weighted by Gasteiger charge is 2.24. The van der Waals surface area contributed by atoms with E-state index in [4.69, 9.17) is 5.73 Å². The van der Waals surface area contributed by atoms with Crippen molar-refractivity contribution in [2.75, 3.05) is 19.6 Å². The number of nitrogens with zero attached hydrogens (tertiary/aromatic N) is 1. The predicted molar refractivity (Wildman–Crippen MR) is 90.0 cm³/mol. The van der Waals surface area contributed by atoms with Crippen LogP contribution < -0.4 is 5.73 Å². The summed E-state index contributed by atoms with van der Waals surface area (Å²) in [6.45, 7) is 8.28. The molecule has 1 fully saturated rings. The fraction of sp³-hybridized carbons (Fsp3) is 1.00. The van der Waals surface area contributed by atoms with Crippen LogP contribution in [0.2, 0.25) is 0 Å². The Kier molecular flexibility index (Phi) is 10.4. The van der Waals surface area contributed by atoms with Gasteiger partial charge in [0.15, 0.2) is 0 Å². The molecule has 2 heteroatoms. The van der Waals surface area contributed by atoms with Crippen LogP contribution in [0.3, 0.4) is 0 Å². The summed E-state index contributed by atoms with van der Waals surface area (Å²) < 4.78 is 0. The van der Waals surface area contributed by atoms with E-state index in [1.54, 1.807) is 0 Å². The van der Waals surface area contributed by atoms with Crippen molar-refractivity contribution in [2.45, 2.75) is 90.5 Å². The Balaban J connectivity index is 1.81. The van der Waals surface area contributed by atoms with Crippen LogP contribution in [0.4, 0.5) is 0 Å². The minimum absolute atomic E-state index is 0.382. The molecule has 2 nitrogen and oxygen atoms in total. The van der Waals surface area contributed by atoms with Crippen molar-refractivity contribution in [3.63, 3.8) is 0 Å². The zero-order valence-corrected chi connectivity index (χ0v) is 14.1. The molecule has 1 heterocycles. The van der Waals surface area contributed by atoms with Crippen LogP contribution in [0, 0.1) is 5.92 Å². The molecule has 0 aliphatic carbocycles. The number of unbranched alkanes of at least 4 members (excludes halogenated alkanes) is 9. The molecule has 1 aliphatic heterocycles. The SMILES string of the molecule is CCCCCCCCCCCCN1CCC(C(C)N)C1.